The molecule has 0 radical (unpaired) electrons. The second kappa shape index (κ2) is 13.2. The number of hydrogen-bond donors (Lipinski definition) is 1. The van der Waals surface area contributed by atoms with Gasteiger partial charge >= 0.3 is 5.97 Å². The molecule has 1 unspecified atom stereocenters. The number of nitrogens with zero attached hydrogens (tertiary/aromatic N) is 4. The smallest absolute Gasteiger partial charge is 0.340 e. The minimum atomic E-state index is -3.90. The Hall–Kier alpha value is -4.81. The van der Waals surface area contributed by atoms with Crippen LogP contribution in [0.2, 0.25) is 0 Å². The number of aryl methyl sites for hydroxylation is 2. The fourth-order valence-electron chi connectivity index (χ4n) is 4.77. The van der Waals surface area contributed by atoms with Crippen LogP contribution in [0.5, 0.6) is 5.75 Å². The van der Waals surface area contributed by atoms with Gasteiger partial charge in [0.05, 0.1) is 10.5 Å². The predicted molar refractivity (Wildman–Crippen MR) is 151 cm³/mol. The molecular weight excluding hydrogens is 606 g/mol. The van der Waals surface area contributed by atoms with Crippen LogP contribution in [0.1, 0.15) is 27.9 Å². The maximum absolute atomic E-state index is 13.4. The van der Waals surface area contributed by atoms with Crippen LogP contribution in [0.25, 0.3) is 10.8 Å². The molecule has 4 rings (SSSR count). The van der Waals surface area contributed by atoms with E-state index >= 15 is 0 Å². The summed E-state index contributed by atoms with van der Waals surface area (Å²) in [4.78, 5) is 55.6. The third kappa shape index (κ3) is 7.21. The predicted octanol–water partition coefficient (Wildman–Crippen LogP) is 1.32. The van der Waals surface area contributed by atoms with Gasteiger partial charge in [0, 0.05) is 36.1 Å². The number of carbonyl (C=O) groups is 1. The normalized spacial score (nSPS) is 15.9. The summed E-state index contributed by atoms with van der Waals surface area (Å²) in [5.74, 6) is -0.588. The first-order valence-corrected chi connectivity index (χ1v) is 14.6. The van der Waals surface area contributed by atoms with Crippen molar-refractivity contribution < 1.29 is 42.5 Å². The van der Waals surface area contributed by atoms with Gasteiger partial charge in [-0.3, -0.25) is 9.36 Å². The van der Waals surface area contributed by atoms with Crippen molar-refractivity contribution in [3.8, 4) is 5.75 Å². The number of rotatable bonds is 13. The maximum Gasteiger partial charge on any atom is 0.340 e. The summed E-state index contributed by atoms with van der Waals surface area (Å²) < 4.78 is 40.0. The van der Waals surface area contributed by atoms with Gasteiger partial charge in [-0.2, -0.15) is 4.31 Å². The highest BCUT2D eigenvalue weighted by molar-refractivity contribution is 7.89. The van der Waals surface area contributed by atoms with Crippen LogP contribution in [0.15, 0.2) is 52.3 Å². The van der Waals surface area contributed by atoms with E-state index in [0.29, 0.717) is 17.5 Å². The van der Waals surface area contributed by atoms with Gasteiger partial charge in [-0.05, 0) is 61.7 Å². The molecule has 17 nitrogen and oxygen atoms in total. The van der Waals surface area contributed by atoms with Gasteiger partial charge < -0.3 is 24.9 Å². The zero-order valence-corrected chi connectivity index (χ0v) is 24.4. The molecule has 1 fully saturated rings. The lowest BCUT2D eigenvalue weighted by molar-refractivity contribution is -0.790. The van der Waals surface area contributed by atoms with Crippen molar-refractivity contribution in [3.05, 3.63) is 89.9 Å². The van der Waals surface area contributed by atoms with Crippen LogP contribution in [0, 0.1) is 34.1 Å². The Bertz CT molecular complexity index is 1760. The SMILES string of the molecule is Cc1cc(OCC(CO[N+](=O)[O-])O[N+](=O)[O-])ccc1C(=O)OCn1cc(C)c2c(S(=O)(=O)N3CC[C@H](N)C3)cccc2c1=O. The number of pyridine rings is 1. The number of ether oxygens (including phenoxy) is 2. The van der Waals surface area contributed by atoms with E-state index in [-0.39, 0.29) is 46.1 Å². The lowest BCUT2D eigenvalue weighted by Crippen LogP contribution is -2.32. The van der Waals surface area contributed by atoms with Gasteiger partial charge in [-0.15, -0.1) is 20.2 Å². The Morgan fingerprint density at radius 2 is 1.86 bits per heavy atom. The molecule has 3 aromatic rings. The molecule has 0 saturated carbocycles. The lowest BCUT2D eigenvalue weighted by Gasteiger charge is -2.19. The van der Waals surface area contributed by atoms with E-state index in [9.17, 15) is 38.2 Å². The third-order valence-corrected chi connectivity index (χ3v) is 8.76. The third-order valence-electron chi connectivity index (χ3n) is 6.86. The summed E-state index contributed by atoms with van der Waals surface area (Å²) in [6.45, 7) is 2.04. The number of benzene rings is 2. The Kier molecular flexibility index (Phi) is 9.65. The Morgan fingerprint density at radius 3 is 2.50 bits per heavy atom. The van der Waals surface area contributed by atoms with Crippen molar-refractivity contribution in [2.24, 2.45) is 5.73 Å². The number of nitrogens with two attached hydrogens (primary N) is 1. The number of aromatic nitrogens is 1. The van der Waals surface area contributed by atoms with Gasteiger partial charge in [0.2, 0.25) is 10.0 Å². The van der Waals surface area contributed by atoms with Crippen molar-refractivity contribution in [1.29, 1.82) is 0 Å². The minimum Gasteiger partial charge on any atom is -0.491 e. The van der Waals surface area contributed by atoms with E-state index in [0.717, 1.165) is 4.57 Å². The molecule has 18 heteroatoms. The molecule has 236 valence electrons. The van der Waals surface area contributed by atoms with E-state index < -0.39 is 57.8 Å². The van der Waals surface area contributed by atoms with E-state index in [1.165, 1.54) is 46.9 Å². The highest BCUT2D eigenvalue weighted by Crippen LogP contribution is 2.29. The minimum absolute atomic E-state index is 0.00218. The first kappa shape index (κ1) is 32.1. The number of hydrogen-bond acceptors (Lipinski definition) is 13. The van der Waals surface area contributed by atoms with Crippen molar-refractivity contribution >= 4 is 26.8 Å². The fraction of sp³-hybridized carbons (Fsp3) is 0.385. The topological polar surface area (TPSA) is 226 Å². The molecule has 2 N–H and O–H groups in total. The van der Waals surface area contributed by atoms with Crippen molar-refractivity contribution in [3.63, 3.8) is 0 Å². The standard InChI is InChI=1S/C26H29N5O12S/c1-16-10-19(40-13-20(43-31(36)37)14-42-30(34)35)6-7-21(16)26(33)41-15-28-11-17(2)24-22(25(28)32)4-3-5-23(24)44(38,39)29-9-8-18(27)12-29/h3-7,10-11,18,20H,8-9,12-15,27H2,1-2H3/t18-,20?/m0/s1. The molecule has 1 aromatic heterocycles. The van der Waals surface area contributed by atoms with Crippen LogP contribution in [0.4, 0.5) is 0 Å². The van der Waals surface area contributed by atoms with Gasteiger partial charge in [-0.1, -0.05) is 6.07 Å². The fourth-order valence-corrected chi connectivity index (χ4v) is 6.57. The van der Waals surface area contributed by atoms with Crippen LogP contribution in [0.3, 0.4) is 0 Å². The monoisotopic (exact) mass is 635 g/mol. The zero-order valence-electron chi connectivity index (χ0n) is 23.6. The van der Waals surface area contributed by atoms with Gasteiger partial charge in [0.15, 0.2) is 12.8 Å². The van der Waals surface area contributed by atoms with Gasteiger partial charge in [0.25, 0.3) is 15.7 Å². The quantitative estimate of drug-likeness (QED) is 0.159. The summed E-state index contributed by atoms with van der Waals surface area (Å²) >= 11 is 0. The molecule has 0 amide bonds. The molecular formula is C26H29N5O12S. The summed E-state index contributed by atoms with van der Waals surface area (Å²) in [6.07, 6.45) is 0.568. The molecule has 44 heavy (non-hydrogen) atoms. The molecule has 0 aliphatic carbocycles. The summed E-state index contributed by atoms with van der Waals surface area (Å²) in [5, 5.41) is 19.2. The number of fused-ring (bicyclic) bond motifs is 1. The molecule has 2 heterocycles. The van der Waals surface area contributed by atoms with Crippen LogP contribution < -0.4 is 16.0 Å². The van der Waals surface area contributed by atoms with Crippen molar-refractivity contribution in [1.82, 2.24) is 8.87 Å². The van der Waals surface area contributed by atoms with Crippen LogP contribution in [-0.2, 0) is 31.2 Å². The summed E-state index contributed by atoms with van der Waals surface area (Å²) in [6, 6.07) is 8.37. The zero-order chi connectivity index (χ0) is 32.2. The Balaban J connectivity index is 1.47. The van der Waals surface area contributed by atoms with Crippen LogP contribution in [-0.4, -0.2) is 71.9 Å². The summed E-state index contributed by atoms with van der Waals surface area (Å²) in [5.41, 5.74) is 6.37. The molecule has 0 spiro atoms. The second-order valence-corrected chi connectivity index (χ2v) is 11.9. The largest absolute Gasteiger partial charge is 0.491 e. The number of esters is 1. The Labute approximate surface area is 249 Å². The first-order valence-electron chi connectivity index (χ1n) is 13.2. The molecule has 1 saturated heterocycles. The molecule has 0 bridgehead atoms. The highest BCUT2D eigenvalue weighted by Gasteiger charge is 2.32. The second-order valence-electron chi connectivity index (χ2n) is 10.00. The van der Waals surface area contributed by atoms with Crippen LogP contribution >= 0.6 is 0 Å². The molecule has 2 aromatic carbocycles. The Morgan fingerprint density at radius 1 is 1.11 bits per heavy atom. The van der Waals surface area contributed by atoms with E-state index in [1.807, 2.05) is 0 Å². The molecule has 2 atom stereocenters. The van der Waals surface area contributed by atoms with E-state index in [1.54, 1.807) is 13.8 Å². The van der Waals surface area contributed by atoms with E-state index in [2.05, 4.69) is 9.68 Å². The molecule has 1 aliphatic rings. The number of carbonyl (C=O) groups excluding carboxylic acids is 1. The average Bonchev–Trinajstić information content (AvgIpc) is 3.42. The first-order chi connectivity index (χ1) is 20.8. The highest BCUT2D eigenvalue weighted by atomic mass is 32.2. The van der Waals surface area contributed by atoms with Gasteiger partial charge in [0.1, 0.15) is 19.0 Å². The maximum atomic E-state index is 13.4. The van der Waals surface area contributed by atoms with E-state index in [4.69, 9.17) is 15.2 Å². The average molecular weight is 636 g/mol. The summed E-state index contributed by atoms with van der Waals surface area (Å²) in [7, 11) is -3.90. The van der Waals surface area contributed by atoms with Crippen molar-refractivity contribution in [2.45, 2.75) is 44.0 Å². The van der Waals surface area contributed by atoms with Gasteiger partial charge in [-0.25, -0.2) is 13.2 Å². The molecule has 1 aliphatic heterocycles. The lowest BCUT2D eigenvalue weighted by atomic mass is 10.1. The number of sulfonamides is 1. The van der Waals surface area contributed by atoms with Crippen molar-refractivity contribution in [2.75, 3.05) is 26.3 Å².